The molecule has 0 aliphatic heterocycles. The van der Waals surface area contributed by atoms with E-state index in [-0.39, 0.29) is 0 Å². The Morgan fingerprint density at radius 2 is 2.27 bits per heavy atom. The Labute approximate surface area is 98.8 Å². The number of aryl methyl sites for hydroxylation is 1. The second-order valence-corrected chi connectivity index (χ2v) is 5.59. The SMILES string of the molecule is CCNC(c1csc(C)c1)c1cccs1. The van der Waals surface area contributed by atoms with Crippen molar-refractivity contribution in [1.29, 1.82) is 0 Å². The van der Waals surface area contributed by atoms with Gasteiger partial charge in [-0.2, -0.15) is 0 Å². The highest BCUT2D eigenvalue weighted by atomic mass is 32.1. The zero-order valence-electron chi connectivity index (χ0n) is 8.99. The Balaban J connectivity index is 2.27. The number of hydrogen-bond acceptors (Lipinski definition) is 3. The minimum atomic E-state index is 0.375. The lowest BCUT2D eigenvalue weighted by molar-refractivity contribution is 0.641. The molecule has 2 aromatic heterocycles. The van der Waals surface area contributed by atoms with Gasteiger partial charge in [-0.3, -0.25) is 0 Å². The Bertz CT molecular complexity index is 403. The van der Waals surface area contributed by atoms with Crippen LogP contribution in [0.1, 0.15) is 28.3 Å². The minimum absolute atomic E-state index is 0.375. The van der Waals surface area contributed by atoms with E-state index < -0.39 is 0 Å². The highest BCUT2D eigenvalue weighted by molar-refractivity contribution is 7.10. The molecule has 0 aromatic carbocycles. The van der Waals surface area contributed by atoms with Gasteiger partial charge < -0.3 is 5.32 Å². The maximum absolute atomic E-state index is 3.53. The van der Waals surface area contributed by atoms with Crippen LogP contribution in [0.15, 0.2) is 29.0 Å². The molecule has 2 heterocycles. The second kappa shape index (κ2) is 4.92. The smallest absolute Gasteiger partial charge is 0.0679 e. The van der Waals surface area contributed by atoms with E-state index >= 15 is 0 Å². The topological polar surface area (TPSA) is 12.0 Å². The van der Waals surface area contributed by atoms with E-state index in [1.165, 1.54) is 15.3 Å². The third-order valence-electron chi connectivity index (χ3n) is 2.32. The molecule has 15 heavy (non-hydrogen) atoms. The summed E-state index contributed by atoms with van der Waals surface area (Å²) in [6, 6.07) is 6.96. The fourth-order valence-corrected chi connectivity index (χ4v) is 3.21. The molecule has 0 saturated heterocycles. The van der Waals surface area contributed by atoms with Crippen molar-refractivity contribution in [3.05, 3.63) is 44.3 Å². The van der Waals surface area contributed by atoms with Crippen LogP contribution < -0.4 is 5.32 Å². The first kappa shape index (κ1) is 10.9. The predicted molar refractivity (Wildman–Crippen MR) is 68.9 cm³/mol. The van der Waals surface area contributed by atoms with Crippen LogP contribution >= 0.6 is 22.7 Å². The average molecular weight is 237 g/mol. The molecule has 0 fully saturated rings. The van der Waals surface area contributed by atoms with Crippen LogP contribution in [0.25, 0.3) is 0 Å². The van der Waals surface area contributed by atoms with Crippen molar-refractivity contribution in [3.8, 4) is 0 Å². The normalized spacial score (nSPS) is 12.9. The number of hydrogen-bond donors (Lipinski definition) is 1. The molecule has 0 spiro atoms. The van der Waals surface area contributed by atoms with Crippen LogP contribution in [0.4, 0.5) is 0 Å². The Morgan fingerprint density at radius 3 is 2.80 bits per heavy atom. The Kier molecular flexibility index (Phi) is 3.57. The minimum Gasteiger partial charge on any atom is -0.306 e. The van der Waals surface area contributed by atoms with Crippen molar-refractivity contribution in [1.82, 2.24) is 5.32 Å². The molecule has 0 bridgehead atoms. The first-order valence-electron chi connectivity index (χ1n) is 5.13. The summed E-state index contributed by atoms with van der Waals surface area (Å²) in [6.45, 7) is 5.31. The Morgan fingerprint density at radius 1 is 1.40 bits per heavy atom. The van der Waals surface area contributed by atoms with Gasteiger partial charge in [0.05, 0.1) is 6.04 Å². The molecule has 1 N–H and O–H groups in total. The van der Waals surface area contributed by atoms with Gasteiger partial charge in [0.15, 0.2) is 0 Å². The van der Waals surface area contributed by atoms with E-state index in [1.54, 1.807) is 0 Å². The zero-order chi connectivity index (χ0) is 10.7. The summed E-state index contributed by atoms with van der Waals surface area (Å²) in [5.41, 5.74) is 1.39. The molecule has 0 radical (unpaired) electrons. The van der Waals surface area contributed by atoms with Gasteiger partial charge in [0, 0.05) is 9.75 Å². The van der Waals surface area contributed by atoms with Gasteiger partial charge in [-0.05, 0) is 41.9 Å². The summed E-state index contributed by atoms with van der Waals surface area (Å²) in [5, 5.41) is 7.92. The molecule has 0 aliphatic carbocycles. The lowest BCUT2D eigenvalue weighted by atomic mass is 10.1. The van der Waals surface area contributed by atoms with E-state index in [2.05, 4.69) is 48.1 Å². The number of nitrogens with one attached hydrogen (secondary N) is 1. The molecule has 2 rings (SSSR count). The fourth-order valence-electron chi connectivity index (χ4n) is 1.66. The first-order chi connectivity index (χ1) is 7.31. The van der Waals surface area contributed by atoms with E-state index in [0.29, 0.717) is 6.04 Å². The summed E-state index contributed by atoms with van der Waals surface area (Å²) in [6.07, 6.45) is 0. The van der Waals surface area contributed by atoms with Crippen molar-refractivity contribution < 1.29 is 0 Å². The molecule has 2 aromatic rings. The van der Waals surface area contributed by atoms with E-state index in [1.807, 2.05) is 22.7 Å². The van der Waals surface area contributed by atoms with Crippen LogP contribution in [0.3, 0.4) is 0 Å². The van der Waals surface area contributed by atoms with Crippen LogP contribution in [-0.2, 0) is 0 Å². The van der Waals surface area contributed by atoms with Crippen LogP contribution in [0.5, 0.6) is 0 Å². The van der Waals surface area contributed by atoms with Crippen LogP contribution in [0, 0.1) is 6.92 Å². The predicted octanol–water partition coefficient (Wildman–Crippen LogP) is 3.82. The highest BCUT2D eigenvalue weighted by Crippen LogP contribution is 2.28. The summed E-state index contributed by atoms with van der Waals surface area (Å²) < 4.78 is 0. The molecule has 3 heteroatoms. The van der Waals surface area contributed by atoms with E-state index in [4.69, 9.17) is 0 Å². The number of thiophene rings is 2. The maximum Gasteiger partial charge on any atom is 0.0679 e. The summed E-state index contributed by atoms with van der Waals surface area (Å²) in [7, 11) is 0. The van der Waals surface area contributed by atoms with Gasteiger partial charge in [-0.15, -0.1) is 22.7 Å². The molecule has 80 valence electrons. The summed E-state index contributed by atoms with van der Waals surface area (Å²) in [5.74, 6) is 0. The maximum atomic E-state index is 3.53. The summed E-state index contributed by atoms with van der Waals surface area (Å²) >= 11 is 3.64. The van der Waals surface area contributed by atoms with E-state index in [0.717, 1.165) is 6.54 Å². The van der Waals surface area contributed by atoms with Crippen molar-refractivity contribution in [2.45, 2.75) is 19.9 Å². The Hall–Kier alpha value is -0.640. The third kappa shape index (κ3) is 2.48. The summed E-state index contributed by atoms with van der Waals surface area (Å²) in [4.78, 5) is 2.78. The third-order valence-corrected chi connectivity index (χ3v) is 4.14. The standard InChI is InChI=1S/C12H15NS2/c1-3-13-12(11-5-4-6-14-11)10-7-9(2)15-8-10/h4-8,12-13H,3H2,1-2H3. The zero-order valence-corrected chi connectivity index (χ0v) is 10.6. The van der Waals surface area contributed by atoms with Gasteiger partial charge >= 0.3 is 0 Å². The molecule has 0 amide bonds. The lowest BCUT2D eigenvalue weighted by Crippen LogP contribution is -2.20. The van der Waals surface area contributed by atoms with Gasteiger partial charge in [-0.1, -0.05) is 13.0 Å². The monoisotopic (exact) mass is 237 g/mol. The first-order valence-corrected chi connectivity index (χ1v) is 6.89. The molecule has 1 unspecified atom stereocenters. The van der Waals surface area contributed by atoms with Crippen molar-refractivity contribution >= 4 is 22.7 Å². The van der Waals surface area contributed by atoms with Crippen molar-refractivity contribution in [2.75, 3.05) is 6.54 Å². The van der Waals surface area contributed by atoms with E-state index in [9.17, 15) is 0 Å². The average Bonchev–Trinajstić information content (AvgIpc) is 2.85. The van der Waals surface area contributed by atoms with Crippen molar-refractivity contribution in [2.24, 2.45) is 0 Å². The lowest BCUT2D eigenvalue weighted by Gasteiger charge is -2.14. The molecule has 1 atom stereocenters. The largest absolute Gasteiger partial charge is 0.306 e. The van der Waals surface area contributed by atoms with Gasteiger partial charge in [-0.25, -0.2) is 0 Å². The highest BCUT2D eigenvalue weighted by Gasteiger charge is 2.14. The molecular weight excluding hydrogens is 222 g/mol. The fraction of sp³-hybridized carbons (Fsp3) is 0.333. The van der Waals surface area contributed by atoms with Gasteiger partial charge in [0.1, 0.15) is 0 Å². The molecular formula is C12H15NS2. The molecule has 0 aliphatic rings. The van der Waals surface area contributed by atoms with Gasteiger partial charge in [0.25, 0.3) is 0 Å². The van der Waals surface area contributed by atoms with Crippen LogP contribution in [0.2, 0.25) is 0 Å². The molecule has 0 saturated carbocycles. The van der Waals surface area contributed by atoms with Gasteiger partial charge in [0.2, 0.25) is 0 Å². The number of rotatable bonds is 4. The van der Waals surface area contributed by atoms with Crippen molar-refractivity contribution in [3.63, 3.8) is 0 Å². The van der Waals surface area contributed by atoms with Crippen LogP contribution in [-0.4, -0.2) is 6.54 Å². The molecule has 1 nitrogen and oxygen atoms in total. The quantitative estimate of drug-likeness (QED) is 0.852. The second-order valence-electron chi connectivity index (χ2n) is 3.50.